The lowest BCUT2D eigenvalue weighted by Crippen LogP contribution is -2.12. The van der Waals surface area contributed by atoms with Crippen molar-refractivity contribution in [2.45, 2.75) is 68.7 Å². The number of nitrogens with zero attached hydrogens (tertiary/aromatic N) is 3. The molecule has 33 heavy (non-hydrogen) atoms. The molecule has 3 heterocycles. The molecule has 4 rings (SSSR count). The summed E-state index contributed by atoms with van der Waals surface area (Å²) in [6, 6.07) is 2.03. The Morgan fingerprint density at radius 3 is 2.85 bits per heavy atom. The minimum atomic E-state index is -0.873. The van der Waals surface area contributed by atoms with E-state index in [2.05, 4.69) is 21.9 Å². The van der Waals surface area contributed by atoms with Crippen LogP contribution in [0.15, 0.2) is 17.4 Å². The maximum Gasteiger partial charge on any atom is 0.308 e. The average molecular weight is 474 g/mol. The third-order valence-electron chi connectivity index (χ3n) is 5.57. The molecule has 1 aliphatic carbocycles. The average Bonchev–Trinajstić information content (AvgIpc) is 3.52. The molecule has 2 aromatic heterocycles. The molecule has 0 radical (unpaired) electrons. The zero-order valence-electron chi connectivity index (χ0n) is 18.5. The summed E-state index contributed by atoms with van der Waals surface area (Å²) in [4.78, 5) is 36.0. The van der Waals surface area contributed by atoms with Gasteiger partial charge in [-0.25, -0.2) is 0 Å². The van der Waals surface area contributed by atoms with Crippen molar-refractivity contribution in [1.82, 2.24) is 15.0 Å². The normalized spacial score (nSPS) is 14.5. The Kier molecular flexibility index (Phi) is 7.64. The van der Waals surface area contributed by atoms with Crippen molar-refractivity contribution in [2.24, 2.45) is 0 Å². The molecular weight excluding hydrogens is 446 g/mol. The van der Waals surface area contributed by atoms with E-state index < -0.39 is 11.9 Å². The Balaban J connectivity index is 1.35. The highest BCUT2D eigenvalue weighted by molar-refractivity contribution is 7.98. The first kappa shape index (κ1) is 23.3. The molecule has 9 nitrogen and oxygen atoms in total. The molecule has 1 aliphatic heterocycles. The number of aromatic nitrogens is 3. The SMILES string of the molecule is Cc1ccnc(C2CC2)c1CSc1nc2c(c(OCOC(=O)CCCCC(=O)O)n1)CCO2. The van der Waals surface area contributed by atoms with Gasteiger partial charge in [0.15, 0.2) is 5.16 Å². The molecule has 1 N–H and O–H groups in total. The van der Waals surface area contributed by atoms with E-state index in [1.54, 1.807) is 0 Å². The molecule has 0 aromatic carbocycles. The quantitative estimate of drug-likeness (QED) is 0.160. The molecule has 0 bridgehead atoms. The highest BCUT2D eigenvalue weighted by atomic mass is 32.2. The zero-order valence-corrected chi connectivity index (χ0v) is 19.4. The number of hydrogen-bond donors (Lipinski definition) is 1. The number of hydrogen-bond acceptors (Lipinski definition) is 9. The van der Waals surface area contributed by atoms with Gasteiger partial charge in [-0.15, -0.1) is 0 Å². The van der Waals surface area contributed by atoms with Crippen LogP contribution in [0.2, 0.25) is 0 Å². The predicted molar refractivity (Wildman–Crippen MR) is 119 cm³/mol. The number of ether oxygens (including phenoxy) is 3. The van der Waals surface area contributed by atoms with Crippen LogP contribution in [-0.4, -0.2) is 45.4 Å². The van der Waals surface area contributed by atoms with Crippen molar-refractivity contribution in [3.8, 4) is 11.8 Å². The van der Waals surface area contributed by atoms with E-state index in [0.717, 1.165) is 5.56 Å². The molecule has 10 heteroatoms. The summed E-state index contributed by atoms with van der Waals surface area (Å²) >= 11 is 1.50. The lowest BCUT2D eigenvalue weighted by atomic mass is 10.1. The van der Waals surface area contributed by atoms with Gasteiger partial charge in [-0.05, 0) is 49.8 Å². The summed E-state index contributed by atoms with van der Waals surface area (Å²) in [5, 5.41) is 9.18. The molecule has 0 saturated heterocycles. The number of fused-ring (bicyclic) bond motifs is 1. The Morgan fingerprint density at radius 1 is 1.24 bits per heavy atom. The van der Waals surface area contributed by atoms with Crippen LogP contribution >= 0.6 is 11.8 Å². The number of pyridine rings is 1. The topological polar surface area (TPSA) is 121 Å². The number of carboxylic acids is 1. The summed E-state index contributed by atoms with van der Waals surface area (Å²) < 4.78 is 16.4. The van der Waals surface area contributed by atoms with E-state index in [0.29, 0.717) is 54.5 Å². The Labute approximate surface area is 196 Å². The van der Waals surface area contributed by atoms with Gasteiger partial charge in [0.1, 0.15) is 0 Å². The standard InChI is InChI=1S/C23H27N3O6S/c1-14-8-10-24-20(15-6-7-15)17(14)12-33-23-25-21-16(9-11-30-21)22(26-23)32-13-31-19(29)5-3-2-4-18(27)28/h8,10,15H,2-7,9,11-13H2,1H3,(H,27,28). The number of carboxylic acid groups (broad SMARTS) is 1. The summed E-state index contributed by atoms with van der Waals surface area (Å²) in [6.07, 6.45) is 5.96. The molecule has 1 saturated carbocycles. The predicted octanol–water partition coefficient (Wildman–Crippen LogP) is 3.81. The molecule has 0 atom stereocenters. The van der Waals surface area contributed by atoms with E-state index in [1.165, 1.54) is 41.4 Å². The molecule has 0 unspecified atom stereocenters. The second kappa shape index (κ2) is 10.8. The van der Waals surface area contributed by atoms with Crippen LogP contribution in [0.4, 0.5) is 0 Å². The molecule has 176 valence electrons. The van der Waals surface area contributed by atoms with Crippen molar-refractivity contribution >= 4 is 23.7 Å². The van der Waals surface area contributed by atoms with E-state index in [-0.39, 0.29) is 19.6 Å². The van der Waals surface area contributed by atoms with Crippen molar-refractivity contribution in [3.05, 3.63) is 34.6 Å². The Hall–Kier alpha value is -2.88. The monoisotopic (exact) mass is 473 g/mol. The number of aliphatic carboxylic acids is 1. The smallest absolute Gasteiger partial charge is 0.308 e. The first-order valence-electron chi connectivity index (χ1n) is 11.1. The van der Waals surface area contributed by atoms with Crippen LogP contribution in [0.3, 0.4) is 0 Å². The highest BCUT2D eigenvalue weighted by Crippen LogP contribution is 2.42. The number of aryl methyl sites for hydroxylation is 1. The van der Waals surface area contributed by atoms with Crippen LogP contribution in [-0.2, 0) is 26.5 Å². The Bertz CT molecular complexity index is 1030. The van der Waals surface area contributed by atoms with Crippen LogP contribution in [0.25, 0.3) is 0 Å². The fraction of sp³-hybridized carbons (Fsp3) is 0.522. The maximum atomic E-state index is 11.8. The van der Waals surface area contributed by atoms with E-state index >= 15 is 0 Å². The summed E-state index contributed by atoms with van der Waals surface area (Å²) in [5.74, 6) is 0.827. The number of rotatable bonds is 12. The first-order valence-corrected chi connectivity index (χ1v) is 12.1. The van der Waals surface area contributed by atoms with Gasteiger partial charge in [0.05, 0.1) is 12.2 Å². The second-order valence-corrected chi connectivity index (χ2v) is 9.07. The van der Waals surface area contributed by atoms with Crippen LogP contribution in [0.5, 0.6) is 11.8 Å². The fourth-order valence-corrected chi connectivity index (χ4v) is 4.55. The zero-order chi connectivity index (χ0) is 23.2. The third-order valence-corrected chi connectivity index (χ3v) is 6.45. The molecule has 0 spiro atoms. The summed E-state index contributed by atoms with van der Waals surface area (Å²) in [5.41, 5.74) is 4.39. The van der Waals surface area contributed by atoms with Gasteiger partial charge in [-0.3, -0.25) is 14.6 Å². The molecule has 2 aromatic rings. The van der Waals surface area contributed by atoms with Gasteiger partial charge in [0.25, 0.3) is 0 Å². The number of carbonyl (C=O) groups excluding carboxylic acids is 1. The van der Waals surface area contributed by atoms with Crippen LogP contribution in [0, 0.1) is 6.92 Å². The number of thioether (sulfide) groups is 1. The molecule has 2 aliphatic rings. The van der Waals surface area contributed by atoms with Crippen molar-refractivity contribution in [1.29, 1.82) is 0 Å². The van der Waals surface area contributed by atoms with E-state index in [1.807, 2.05) is 12.3 Å². The molecule has 0 amide bonds. The van der Waals surface area contributed by atoms with Gasteiger partial charge in [0, 0.05) is 42.8 Å². The van der Waals surface area contributed by atoms with Crippen molar-refractivity contribution < 1.29 is 28.9 Å². The largest absolute Gasteiger partial charge is 0.481 e. The third kappa shape index (κ3) is 6.34. The fourth-order valence-electron chi connectivity index (χ4n) is 3.60. The second-order valence-electron chi connectivity index (χ2n) is 8.13. The van der Waals surface area contributed by atoms with Gasteiger partial charge >= 0.3 is 11.9 Å². The van der Waals surface area contributed by atoms with E-state index in [4.69, 9.17) is 19.3 Å². The Morgan fingerprint density at radius 2 is 2.06 bits per heavy atom. The minimum absolute atomic E-state index is 0.0397. The van der Waals surface area contributed by atoms with Crippen LogP contribution < -0.4 is 9.47 Å². The lowest BCUT2D eigenvalue weighted by Gasteiger charge is -2.12. The summed E-state index contributed by atoms with van der Waals surface area (Å²) in [7, 11) is 0. The molecule has 1 fully saturated rings. The number of carbonyl (C=O) groups is 2. The lowest BCUT2D eigenvalue weighted by molar-refractivity contribution is -0.150. The maximum absolute atomic E-state index is 11.8. The molecular formula is C23H27N3O6S. The van der Waals surface area contributed by atoms with Gasteiger partial charge < -0.3 is 19.3 Å². The van der Waals surface area contributed by atoms with Crippen molar-refractivity contribution in [3.63, 3.8) is 0 Å². The number of esters is 1. The first-order chi connectivity index (χ1) is 16.0. The highest BCUT2D eigenvalue weighted by Gasteiger charge is 2.28. The minimum Gasteiger partial charge on any atom is -0.481 e. The number of unbranched alkanes of at least 4 members (excludes halogenated alkanes) is 1. The summed E-state index contributed by atoms with van der Waals surface area (Å²) in [6.45, 7) is 2.34. The van der Waals surface area contributed by atoms with Crippen LogP contribution in [0.1, 0.15) is 66.8 Å². The van der Waals surface area contributed by atoms with Gasteiger partial charge in [0.2, 0.25) is 18.6 Å². The van der Waals surface area contributed by atoms with E-state index in [9.17, 15) is 9.59 Å². The van der Waals surface area contributed by atoms with Gasteiger partial charge in [-0.1, -0.05) is 11.8 Å². The van der Waals surface area contributed by atoms with Crippen molar-refractivity contribution in [2.75, 3.05) is 13.4 Å². The van der Waals surface area contributed by atoms with Gasteiger partial charge in [-0.2, -0.15) is 9.97 Å².